The van der Waals surface area contributed by atoms with Crippen LogP contribution in [-0.2, 0) is 9.59 Å². The summed E-state index contributed by atoms with van der Waals surface area (Å²) < 4.78 is 4.94. The summed E-state index contributed by atoms with van der Waals surface area (Å²) in [4.78, 5) is 25.8. The molecule has 0 spiro atoms. The predicted molar refractivity (Wildman–Crippen MR) is 59.6 cm³/mol. The molecule has 0 aliphatic heterocycles. The molecule has 6 heteroatoms. The molecular formula is C11H14N2O4. The Bertz CT molecular complexity index is 404. The number of methoxy groups -OCH3 is 1. The summed E-state index contributed by atoms with van der Waals surface area (Å²) in [5.41, 5.74) is 0.460. The number of nitrogens with one attached hydrogen (secondary N) is 1. The molecule has 0 saturated carbocycles. The van der Waals surface area contributed by atoms with Gasteiger partial charge in [-0.25, -0.2) is 4.98 Å². The molecular weight excluding hydrogens is 224 g/mol. The molecule has 1 aromatic heterocycles. The van der Waals surface area contributed by atoms with E-state index in [0.717, 1.165) is 0 Å². The van der Waals surface area contributed by atoms with E-state index < -0.39 is 12.0 Å². The van der Waals surface area contributed by atoms with E-state index in [2.05, 4.69) is 10.3 Å². The van der Waals surface area contributed by atoms with Gasteiger partial charge in [-0.1, -0.05) is 6.07 Å². The number of carboxylic acid groups (broad SMARTS) is 1. The summed E-state index contributed by atoms with van der Waals surface area (Å²) >= 11 is 0. The van der Waals surface area contributed by atoms with Crippen LogP contribution in [0.25, 0.3) is 0 Å². The summed E-state index contributed by atoms with van der Waals surface area (Å²) in [5, 5.41) is 11.3. The first-order valence-electron chi connectivity index (χ1n) is 5.02. The minimum absolute atomic E-state index is 0.222. The van der Waals surface area contributed by atoms with Crippen molar-refractivity contribution in [1.82, 2.24) is 10.3 Å². The molecule has 0 unspecified atom stereocenters. The molecule has 1 amide bonds. The predicted octanol–water partition coefficient (Wildman–Crippen LogP) is 0.742. The SMILES string of the molecule is COc1cccc([C@@H](CC(=O)O)NC(C)=O)n1. The van der Waals surface area contributed by atoms with Crippen molar-refractivity contribution in [3.8, 4) is 5.88 Å². The first-order valence-corrected chi connectivity index (χ1v) is 5.02. The van der Waals surface area contributed by atoms with Crippen molar-refractivity contribution < 1.29 is 19.4 Å². The highest BCUT2D eigenvalue weighted by Gasteiger charge is 2.18. The van der Waals surface area contributed by atoms with Gasteiger partial charge in [-0.2, -0.15) is 0 Å². The maximum atomic E-state index is 11.0. The standard InChI is InChI=1S/C11H14N2O4/c1-7(14)12-9(6-11(15)16)8-4-3-5-10(13-8)17-2/h3-5,9H,6H2,1-2H3,(H,12,14)(H,15,16)/t9-/m1/s1. The van der Waals surface area contributed by atoms with E-state index >= 15 is 0 Å². The van der Waals surface area contributed by atoms with Crippen molar-refractivity contribution >= 4 is 11.9 Å². The van der Waals surface area contributed by atoms with Gasteiger partial charge in [0, 0.05) is 13.0 Å². The number of nitrogens with zero attached hydrogens (tertiary/aromatic N) is 1. The molecule has 0 aromatic carbocycles. The number of pyridine rings is 1. The highest BCUT2D eigenvalue weighted by Crippen LogP contribution is 2.17. The third-order valence-corrected chi connectivity index (χ3v) is 2.07. The number of carboxylic acids is 1. The van der Waals surface area contributed by atoms with Gasteiger partial charge < -0.3 is 15.2 Å². The average molecular weight is 238 g/mol. The average Bonchev–Trinajstić information content (AvgIpc) is 2.27. The number of rotatable bonds is 5. The lowest BCUT2D eigenvalue weighted by Crippen LogP contribution is -2.28. The number of ether oxygens (including phenoxy) is 1. The second-order valence-corrected chi connectivity index (χ2v) is 3.46. The number of carbonyl (C=O) groups is 2. The van der Waals surface area contributed by atoms with E-state index in [0.29, 0.717) is 11.6 Å². The van der Waals surface area contributed by atoms with E-state index in [1.165, 1.54) is 14.0 Å². The van der Waals surface area contributed by atoms with Crippen LogP contribution in [0.3, 0.4) is 0 Å². The first kappa shape index (κ1) is 13.0. The monoisotopic (exact) mass is 238 g/mol. The zero-order chi connectivity index (χ0) is 12.8. The van der Waals surface area contributed by atoms with Gasteiger partial charge in [0.25, 0.3) is 0 Å². The zero-order valence-electron chi connectivity index (χ0n) is 9.64. The summed E-state index contributed by atoms with van der Waals surface area (Å²) in [6.07, 6.45) is -0.222. The van der Waals surface area contributed by atoms with Gasteiger partial charge >= 0.3 is 5.97 Å². The van der Waals surface area contributed by atoms with Crippen molar-refractivity contribution in [2.75, 3.05) is 7.11 Å². The summed E-state index contributed by atoms with van der Waals surface area (Å²) in [5.74, 6) is -0.933. The number of aliphatic carboxylic acids is 1. The summed E-state index contributed by atoms with van der Waals surface area (Å²) in [7, 11) is 1.47. The molecule has 2 N–H and O–H groups in total. The molecule has 0 aliphatic carbocycles. The van der Waals surface area contributed by atoms with Gasteiger partial charge in [0.2, 0.25) is 11.8 Å². The Morgan fingerprint density at radius 3 is 2.76 bits per heavy atom. The quantitative estimate of drug-likeness (QED) is 0.789. The van der Waals surface area contributed by atoms with Crippen LogP contribution in [-0.4, -0.2) is 29.1 Å². The Morgan fingerprint density at radius 2 is 2.24 bits per heavy atom. The largest absolute Gasteiger partial charge is 0.481 e. The van der Waals surface area contributed by atoms with E-state index in [4.69, 9.17) is 9.84 Å². The van der Waals surface area contributed by atoms with Crippen molar-refractivity contribution in [2.45, 2.75) is 19.4 Å². The van der Waals surface area contributed by atoms with Gasteiger partial charge in [-0.3, -0.25) is 9.59 Å². The molecule has 17 heavy (non-hydrogen) atoms. The molecule has 1 heterocycles. The molecule has 0 radical (unpaired) electrons. The first-order chi connectivity index (χ1) is 8.02. The van der Waals surface area contributed by atoms with Gasteiger partial charge in [0.05, 0.1) is 25.3 Å². The Kier molecular flexibility index (Phi) is 4.45. The lowest BCUT2D eigenvalue weighted by molar-refractivity contribution is -0.137. The van der Waals surface area contributed by atoms with Crippen molar-refractivity contribution in [2.24, 2.45) is 0 Å². The maximum Gasteiger partial charge on any atom is 0.305 e. The van der Waals surface area contributed by atoms with Crippen molar-refractivity contribution in [1.29, 1.82) is 0 Å². The van der Waals surface area contributed by atoms with Crippen LogP contribution >= 0.6 is 0 Å². The van der Waals surface area contributed by atoms with Crippen molar-refractivity contribution in [3.63, 3.8) is 0 Å². The Morgan fingerprint density at radius 1 is 1.53 bits per heavy atom. The molecule has 1 aromatic rings. The van der Waals surface area contributed by atoms with Gasteiger partial charge in [-0.05, 0) is 6.07 Å². The Balaban J connectivity index is 2.94. The topological polar surface area (TPSA) is 88.5 Å². The van der Waals surface area contributed by atoms with E-state index in [-0.39, 0.29) is 12.3 Å². The smallest absolute Gasteiger partial charge is 0.305 e. The fourth-order valence-corrected chi connectivity index (χ4v) is 1.39. The molecule has 0 saturated heterocycles. The fraction of sp³-hybridized carbons (Fsp3) is 0.364. The molecule has 0 bridgehead atoms. The minimum atomic E-state index is -1.01. The highest BCUT2D eigenvalue weighted by atomic mass is 16.5. The number of carbonyl (C=O) groups excluding carboxylic acids is 1. The number of hydrogen-bond donors (Lipinski definition) is 2. The number of hydrogen-bond acceptors (Lipinski definition) is 4. The molecule has 92 valence electrons. The van der Waals surface area contributed by atoms with Gasteiger partial charge in [0.15, 0.2) is 0 Å². The summed E-state index contributed by atoms with van der Waals surface area (Å²) in [6.45, 7) is 1.33. The van der Waals surface area contributed by atoms with Crippen LogP contribution in [0.5, 0.6) is 5.88 Å². The van der Waals surface area contributed by atoms with Gasteiger partial charge in [-0.15, -0.1) is 0 Å². The van der Waals surface area contributed by atoms with Crippen LogP contribution in [0, 0.1) is 0 Å². The molecule has 1 atom stereocenters. The van der Waals surface area contributed by atoms with Crippen LogP contribution in [0.4, 0.5) is 0 Å². The Labute approximate surface area is 98.6 Å². The normalized spacial score (nSPS) is 11.6. The van der Waals surface area contributed by atoms with Crippen molar-refractivity contribution in [3.05, 3.63) is 23.9 Å². The molecule has 1 rings (SSSR count). The summed E-state index contributed by atoms with van der Waals surface area (Å²) in [6, 6.07) is 4.33. The van der Waals surface area contributed by atoms with Crippen LogP contribution in [0.15, 0.2) is 18.2 Å². The van der Waals surface area contributed by atoms with Crippen LogP contribution in [0.1, 0.15) is 25.1 Å². The molecule has 0 fully saturated rings. The molecule has 0 aliphatic rings. The van der Waals surface area contributed by atoms with E-state index in [1.807, 2.05) is 0 Å². The van der Waals surface area contributed by atoms with Gasteiger partial charge in [0.1, 0.15) is 0 Å². The van der Waals surface area contributed by atoms with E-state index in [9.17, 15) is 9.59 Å². The van der Waals surface area contributed by atoms with Crippen LogP contribution in [0.2, 0.25) is 0 Å². The fourth-order valence-electron chi connectivity index (χ4n) is 1.39. The highest BCUT2D eigenvalue weighted by molar-refractivity contribution is 5.75. The lowest BCUT2D eigenvalue weighted by atomic mass is 10.1. The third-order valence-electron chi connectivity index (χ3n) is 2.07. The maximum absolute atomic E-state index is 11.0. The second kappa shape index (κ2) is 5.83. The Hall–Kier alpha value is -2.11. The van der Waals surface area contributed by atoms with Crippen LogP contribution < -0.4 is 10.1 Å². The lowest BCUT2D eigenvalue weighted by Gasteiger charge is -2.15. The van der Waals surface area contributed by atoms with E-state index in [1.54, 1.807) is 18.2 Å². The second-order valence-electron chi connectivity index (χ2n) is 3.46. The molecule has 6 nitrogen and oxygen atoms in total. The number of amides is 1. The number of aromatic nitrogens is 1. The zero-order valence-corrected chi connectivity index (χ0v) is 9.64. The third kappa shape index (κ3) is 4.10. The minimum Gasteiger partial charge on any atom is -0.481 e.